The number of non-ortho nitro benzene ring substituents is 1. The highest BCUT2D eigenvalue weighted by Crippen LogP contribution is 2.11. The van der Waals surface area contributed by atoms with Crippen LogP contribution in [0.5, 0.6) is 0 Å². The highest BCUT2D eigenvalue weighted by molar-refractivity contribution is 7.98. The summed E-state index contributed by atoms with van der Waals surface area (Å²) in [5.41, 5.74) is 2.05. The fraction of sp³-hybridized carbons (Fsp3) is 0.0769. The number of hydrogen-bond acceptors (Lipinski definition) is 7. The maximum atomic E-state index is 11.9. The molecular formula is C13H11N5O4S. The van der Waals surface area contributed by atoms with Crippen molar-refractivity contribution in [3.63, 3.8) is 0 Å². The minimum atomic E-state index is -0.659. The number of H-pyrrole nitrogens is 1. The van der Waals surface area contributed by atoms with Gasteiger partial charge >= 0.3 is 0 Å². The van der Waals surface area contributed by atoms with Crippen LogP contribution in [0.2, 0.25) is 0 Å². The van der Waals surface area contributed by atoms with Gasteiger partial charge in [-0.25, -0.2) is 10.4 Å². The molecule has 0 aliphatic heterocycles. The van der Waals surface area contributed by atoms with E-state index in [-0.39, 0.29) is 11.4 Å². The Morgan fingerprint density at radius 1 is 1.48 bits per heavy atom. The quantitative estimate of drug-likeness (QED) is 0.278. The number of rotatable bonds is 5. The van der Waals surface area contributed by atoms with Crippen molar-refractivity contribution in [2.24, 2.45) is 5.10 Å². The number of nitrogens with zero attached hydrogens (tertiary/aromatic N) is 3. The largest absolute Gasteiger partial charge is 0.301 e. The van der Waals surface area contributed by atoms with E-state index in [4.69, 9.17) is 0 Å². The van der Waals surface area contributed by atoms with Gasteiger partial charge in [-0.15, -0.1) is 0 Å². The van der Waals surface area contributed by atoms with Gasteiger partial charge in [-0.05, 0) is 6.26 Å². The SMILES string of the molecule is CSc1nc(C(=O)NN=Cc2cccc([N+](=O)[O-])c2)cc(=O)[nH]1. The first-order valence-corrected chi connectivity index (χ1v) is 7.45. The predicted molar refractivity (Wildman–Crippen MR) is 84.8 cm³/mol. The van der Waals surface area contributed by atoms with Crippen LogP contribution in [0.1, 0.15) is 16.1 Å². The fourth-order valence-electron chi connectivity index (χ4n) is 1.59. The molecule has 0 spiro atoms. The summed E-state index contributed by atoms with van der Waals surface area (Å²) < 4.78 is 0. The Labute approximate surface area is 134 Å². The Morgan fingerprint density at radius 2 is 2.26 bits per heavy atom. The lowest BCUT2D eigenvalue weighted by atomic mass is 10.2. The van der Waals surface area contributed by atoms with E-state index in [1.54, 1.807) is 12.3 Å². The third-order valence-electron chi connectivity index (χ3n) is 2.61. The zero-order valence-electron chi connectivity index (χ0n) is 11.8. The standard InChI is InChI=1S/C13H11N5O4S/c1-23-13-15-10(6-11(19)16-13)12(20)17-14-7-8-3-2-4-9(5-8)18(21)22/h2-7H,1H3,(H,17,20)(H,15,16,19). The monoisotopic (exact) mass is 333 g/mol. The van der Waals surface area contributed by atoms with Crippen LogP contribution in [0.4, 0.5) is 5.69 Å². The van der Waals surface area contributed by atoms with Crippen molar-refractivity contribution in [2.45, 2.75) is 5.16 Å². The van der Waals surface area contributed by atoms with Gasteiger partial charge in [-0.3, -0.25) is 19.7 Å². The second-order valence-corrected chi connectivity index (χ2v) is 4.99. The maximum Gasteiger partial charge on any atom is 0.290 e. The first kappa shape index (κ1) is 16.4. The minimum Gasteiger partial charge on any atom is -0.301 e. The number of carbonyl (C=O) groups is 1. The van der Waals surface area contributed by atoms with Crippen LogP contribution >= 0.6 is 11.8 Å². The molecule has 0 aliphatic carbocycles. The second kappa shape index (κ2) is 7.31. The molecule has 2 N–H and O–H groups in total. The van der Waals surface area contributed by atoms with Crippen molar-refractivity contribution >= 4 is 29.6 Å². The molecule has 1 amide bonds. The molecule has 1 heterocycles. The van der Waals surface area contributed by atoms with Gasteiger partial charge < -0.3 is 4.98 Å². The van der Waals surface area contributed by atoms with Crippen molar-refractivity contribution in [3.8, 4) is 0 Å². The summed E-state index contributed by atoms with van der Waals surface area (Å²) in [5.74, 6) is -0.659. The van der Waals surface area contributed by atoms with Crippen LogP contribution in [-0.4, -0.2) is 33.3 Å². The van der Waals surface area contributed by atoms with E-state index in [0.717, 1.165) is 6.07 Å². The van der Waals surface area contributed by atoms with Crippen molar-refractivity contribution in [3.05, 3.63) is 62.1 Å². The summed E-state index contributed by atoms with van der Waals surface area (Å²) in [7, 11) is 0. The Morgan fingerprint density at radius 3 is 2.96 bits per heavy atom. The molecular weight excluding hydrogens is 322 g/mol. The van der Waals surface area contributed by atoms with Crippen LogP contribution in [-0.2, 0) is 0 Å². The van der Waals surface area contributed by atoms with Crippen LogP contribution in [0.15, 0.2) is 45.4 Å². The summed E-state index contributed by atoms with van der Waals surface area (Å²) >= 11 is 1.19. The predicted octanol–water partition coefficient (Wildman–Crippen LogP) is 1.16. The number of hydrogen-bond donors (Lipinski definition) is 2. The Bertz CT molecular complexity index is 833. The fourth-order valence-corrected chi connectivity index (χ4v) is 1.98. The van der Waals surface area contributed by atoms with Gasteiger partial charge in [0.25, 0.3) is 17.2 Å². The lowest BCUT2D eigenvalue weighted by molar-refractivity contribution is -0.384. The molecule has 0 fully saturated rings. The van der Waals surface area contributed by atoms with E-state index < -0.39 is 16.4 Å². The van der Waals surface area contributed by atoms with Gasteiger partial charge in [0.1, 0.15) is 5.69 Å². The van der Waals surface area contributed by atoms with Crippen LogP contribution in [0.25, 0.3) is 0 Å². The zero-order chi connectivity index (χ0) is 16.8. The lowest BCUT2D eigenvalue weighted by Crippen LogP contribution is -2.22. The van der Waals surface area contributed by atoms with Gasteiger partial charge in [0.2, 0.25) is 0 Å². The van der Waals surface area contributed by atoms with E-state index in [9.17, 15) is 19.7 Å². The van der Waals surface area contributed by atoms with Crippen LogP contribution in [0, 0.1) is 10.1 Å². The molecule has 0 bridgehead atoms. The van der Waals surface area contributed by atoms with Crippen LogP contribution < -0.4 is 11.0 Å². The summed E-state index contributed by atoms with van der Waals surface area (Å²) in [6.45, 7) is 0. The average molecular weight is 333 g/mol. The molecule has 0 saturated heterocycles. The molecule has 2 rings (SSSR count). The van der Waals surface area contributed by atoms with Crippen molar-refractivity contribution < 1.29 is 9.72 Å². The number of nitro groups is 1. The number of hydrazone groups is 1. The maximum absolute atomic E-state index is 11.9. The number of thioether (sulfide) groups is 1. The number of nitro benzene ring substituents is 1. The lowest BCUT2D eigenvalue weighted by Gasteiger charge is -2.00. The van der Waals surface area contributed by atoms with Crippen molar-refractivity contribution in [2.75, 3.05) is 6.26 Å². The molecule has 0 radical (unpaired) electrons. The van der Waals surface area contributed by atoms with E-state index in [1.807, 2.05) is 0 Å². The Hall–Kier alpha value is -3.01. The third-order valence-corrected chi connectivity index (χ3v) is 3.19. The average Bonchev–Trinajstić information content (AvgIpc) is 2.54. The number of aromatic nitrogens is 2. The molecule has 2 aromatic rings. The van der Waals surface area contributed by atoms with E-state index in [0.29, 0.717) is 10.7 Å². The van der Waals surface area contributed by atoms with Gasteiger partial charge in [0, 0.05) is 23.8 Å². The van der Waals surface area contributed by atoms with Crippen LogP contribution in [0.3, 0.4) is 0 Å². The highest BCUT2D eigenvalue weighted by atomic mass is 32.2. The smallest absolute Gasteiger partial charge is 0.290 e. The molecule has 0 atom stereocenters. The molecule has 0 saturated carbocycles. The minimum absolute atomic E-state index is 0.0747. The molecule has 1 aromatic heterocycles. The third kappa shape index (κ3) is 4.48. The zero-order valence-corrected chi connectivity index (χ0v) is 12.7. The molecule has 0 aliphatic rings. The molecule has 10 heteroatoms. The summed E-state index contributed by atoms with van der Waals surface area (Å²) in [4.78, 5) is 39.8. The van der Waals surface area contributed by atoms with Gasteiger partial charge in [0.15, 0.2) is 5.16 Å². The highest BCUT2D eigenvalue weighted by Gasteiger charge is 2.09. The number of amides is 1. The number of benzene rings is 1. The molecule has 23 heavy (non-hydrogen) atoms. The molecule has 9 nitrogen and oxygen atoms in total. The molecule has 118 valence electrons. The Kier molecular flexibility index (Phi) is 5.20. The number of aromatic amines is 1. The first-order valence-electron chi connectivity index (χ1n) is 6.23. The summed E-state index contributed by atoms with van der Waals surface area (Å²) in [5, 5.41) is 14.7. The molecule has 1 aromatic carbocycles. The van der Waals surface area contributed by atoms with Gasteiger partial charge in [-0.1, -0.05) is 23.9 Å². The second-order valence-electron chi connectivity index (χ2n) is 4.19. The van der Waals surface area contributed by atoms with Gasteiger partial charge in [0.05, 0.1) is 11.1 Å². The number of carbonyl (C=O) groups excluding carboxylic acids is 1. The number of nitrogens with one attached hydrogen (secondary N) is 2. The van der Waals surface area contributed by atoms with Crippen molar-refractivity contribution in [1.29, 1.82) is 0 Å². The van der Waals surface area contributed by atoms with Crippen molar-refractivity contribution in [1.82, 2.24) is 15.4 Å². The normalized spacial score (nSPS) is 10.7. The van der Waals surface area contributed by atoms with Gasteiger partial charge in [-0.2, -0.15) is 5.10 Å². The first-order chi connectivity index (χ1) is 11.0. The molecule has 0 unspecified atom stereocenters. The van der Waals surface area contributed by atoms with E-state index in [2.05, 4.69) is 20.5 Å². The summed E-state index contributed by atoms with van der Waals surface area (Å²) in [6.07, 6.45) is 2.97. The Balaban J connectivity index is 2.09. The topological polar surface area (TPSA) is 130 Å². The van der Waals surface area contributed by atoms with E-state index in [1.165, 1.54) is 36.2 Å². The summed E-state index contributed by atoms with van der Waals surface area (Å²) in [6, 6.07) is 6.81. The van der Waals surface area contributed by atoms with E-state index >= 15 is 0 Å².